The summed E-state index contributed by atoms with van der Waals surface area (Å²) < 4.78 is 21.9. The molecule has 245 valence electrons. The molecule has 8 aromatic rings. The van der Waals surface area contributed by atoms with Crippen molar-refractivity contribution in [2.24, 2.45) is 0 Å². The molecule has 2 aromatic heterocycles. The zero-order chi connectivity index (χ0) is 34.9. The van der Waals surface area contributed by atoms with Gasteiger partial charge >= 0.3 is 0 Å². The molecule has 0 saturated carbocycles. The summed E-state index contributed by atoms with van der Waals surface area (Å²) in [5.41, 5.74) is 6.30. The minimum atomic E-state index is -2.15. The minimum absolute atomic E-state index is 0. The summed E-state index contributed by atoms with van der Waals surface area (Å²) >= 11 is 0. The van der Waals surface area contributed by atoms with Crippen molar-refractivity contribution in [3.8, 4) is 33.6 Å². The topological polar surface area (TPSA) is 25.8 Å². The molecule has 4 heteroatoms. The van der Waals surface area contributed by atoms with E-state index in [0.29, 0.717) is 5.69 Å². The number of nitrogens with zero attached hydrogens (tertiary/aromatic N) is 2. The van der Waals surface area contributed by atoms with E-state index in [2.05, 4.69) is 134 Å². The Labute approximate surface area is 309 Å². The van der Waals surface area contributed by atoms with Gasteiger partial charge in [-0.1, -0.05) is 157 Å². The third-order valence-corrected chi connectivity index (χ3v) is 10.6. The van der Waals surface area contributed by atoms with Crippen LogP contribution in [-0.4, -0.2) is 18.0 Å². The fourth-order valence-corrected chi connectivity index (χ4v) is 7.73. The first-order valence-electron chi connectivity index (χ1n) is 17.4. The van der Waals surface area contributed by atoms with Crippen LogP contribution in [0.5, 0.6) is 0 Å². The Morgan fingerprint density at radius 2 is 1.12 bits per heavy atom. The van der Waals surface area contributed by atoms with Crippen molar-refractivity contribution in [3.05, 3.63) is 171 Å². The summed E-state index contributed by atoms with van der Waals surface area (Å²) in [4.78, 5) is 9.11. The third-order valence-electron chi connectivity index (χ3n) is 8.57. The van der Waals surface area contributed by atoms with Crippen molar-refractivity contribution < 1.29 is 24.2 Å². The van der Waals surface area contributed by atoms with Crippen LogP contribution in [0.2, 0.25) is 19.6 Å². The number of pyridine rings is 2. The van der Waals surface area contributed by atoms with Crippen LogP contribution in [0.3, 0.4) is 0 Å². The molecular formula is C45H40IrN2Si-2. The summed E-state index contributed by atoms with van der Waals surface area (Å²) in [5, 5.41) is 8.99. The first kappa shape index (κ1) is 31.5. The van der Waals surface area contributed by atoms with Gasteiger partial charge in [0.15, 0.2) is 0 Å². The average Bonchev–Trinajstić information content (AvgIpc) is 3.15. The zero-order valence-corrected chi connectivity index (χ0v) is 31.6. The number of hydrogen-bond donors (Lipinski definition) is 0. The predicted molar refractivity (Wildman–Crippen MR) is 210 cm³/mol. The summed E-state index contributed by atoms with van der Waals surface area (Å²) in [5.74, 6) is 0. The largest absolute Gasteiger partial charge is 0.358 e. The molecule has 49 heavy (non-hydrogen) atoms. The van der Waals surface area contributed by atoms with Gasteiger partial charge in [-0.25, -0.2) is 0 Å². The van der Waals surface area contributed by atoms with Gasteiger partial charge in [0.1, 0.15) is 0 Å². The first-order chi connectivity index (χ1) is 24.1. The van der Waals surface area contributed by atoms with Gasteiger partial charge in [0.05, 0.1) is 13.8 Å². The SMILES string of the molecule is C[Si](C)(C)c1cnc(-c2[c-]cc3c4ccccc4c4ccccc4c3c2)cc1-c1ccccc1.[2H]C([2H])([2H])c1cccc(-c2ccccc2)n1.[CH3-].[Ir]. The quantitative estimate of drug-likeness (QED) is 0.100. The van der Waals surface area contributed by atoms with Crippen LogP contribution >= 0.6 is 0 Å². The van der Waals surface area contributed by atoms with E-state index in [-0.39, 0.29) is 33.2 Å². The fourth-order valence-electron chi connectivity index (χ4n) is 6.25. The van der Waals surface area contributed by atoms with E-state index in [1.807, 2.05) is 36.4 Å². The molecule has 0 spiro atoms. The summed E-state index contributed by atoms with van der Waals surface area (Å²) in [6, 6.07) is 52.9. The molecule has 0 saturated heterocycles. The molecule has 0 aliphatic rings. The second kappa shape index (κ2) is 15.2. The van der Waals surface area contributed by atoms with E-state index < -0.39 is 14.9 Å². The molecule has 0 fully saturated rings. The van der Waals surface area contributed by atoms with Gasteiger partial charge in [-0.3, -0.25) is 4.98 Å². The minimum Gasteiger partial charge on any atom is -0.358 e. The van der Waals surface area contributed by atoms with Crippen molar-refractivity contribution in [2.45, 2.75) is 26.5 Å². The average molecular weight is 832 g/mol. The van der Waals surface area contributed by atoms with Crippen LogP contribution in [0.4, 0.5) is 0 Å². The first-order valence-corrected chi connectivity index (χ1v) is 19.4. The van der Waals surface area contributed by atoms with Crippen molar-refractivity contribution in [1.29, 1.82) is 0 Å². The molecule has 0 N–H and O–H groups in total. The standard InChI is InChI=1S/C32H26NSi.C12H11N.CH3.Ir/c1-34(2,3)32-21-33-31(20-29(32)22-11-5-4-6-12-22)23-17-18-28-26-15-8-7-13-24(26)25-14-9-10-16-27(25)30(28)19-23;1-10-6-5-9-12(13-10)11-7-3-2-4-8-11;;/h4-16,18-21H,1-3H3;2-9H,1H3;1H3;/q-1;;-1;/i;1D3;;. The van der Waals surface area contributed by atoms with Gasteiger partial charge in [0.25, 0.3) is 0 Å². The van der Waals surface area contributed by atoms with Crippen LogP contribution < -0.4 is 5.19 Å². The molecule has 2 nitrogen and oxygen atoms in total. The smallest absolute Gasteiger partial charge is 0.0803 e. The maximum absolute atomic E-state index is 7.30. The van der Waals surface area contributed by atoms with Crippen molar-refractivity contribution in [1.82, 2.24) is 9.97 Å². The Hall–Kier alpha value is -4.73. The summed E-state index contributed by atoms with van der Waals surface area (Å²) in [6.45, 7) is 5.01. The van der Waals surface area contributed by atoms with Crippen LogP contribution in [0.25, 0.3) is 66.0 Å². The molecule has 0 amide bonds. The number of aryl methyl sites for hydroxylation is 1. The normalized spacial score (nSPS) is 12.1. The van der Waals surface area contributed by atoms with Crippen molar-refractivity contribution in [2.75, 3.05) is 0 Å². The Kier molecular flexibility index (Phi) is 9.79. The zero-order valence-electron chi connectivity index (χ0n) is 31.2. The maximum Gasteiger partial charge on any atom is 0.0803 e. The number of rotatable bonds is 4. The van der Waals surface area contributed by atoms with Crippen molar-refractivity contribution in [3.63, 3.8) is 0 Å². The van der Waals surface area contributed by atoms with Gasteiger partial charge in [0.2, 0.25) is 0 Å². The summed E-state index contributed by atoms with van der Waals surface area (Å²) in [7, 11) is -1.57. The molecule has 6 aromatic carbocycles. The Balaban J connectivity index is 0.000000246. The van der Waals surface area contributed by atoms with Crippen LogP contribution in [0.15, 0.2) is 152 Å². The molecule has 1 radical (unpaired) electrons. The molecule has 0 unspecified atom stereocenters. The van der Waals surface area contributed by atoms with E-state index in [0.717, 1.165) is 16.8 Å². The Bertz CT molecular complexity index is 2420. The molecule has 0 atom stereocenters. The van der Waals surface area contributed by atoms with E-state index in [1.165, 1.54) is 54.7 Å². The predicted octanol–water partition coefficient (Wildman–Crippen LogP) is 11.7. The fraction of sp³-hybridized carbons (Fsp3) is 0.0889. The van der Waals surface area contributed by atoms with Crippen LogP contribution in [0, 0.1) is 20.3 Å². The molecule has 0 aliphatic heterocycles. The van der Waals surface area contributed by atoms with E-state index in [9.17, 15) is 0 Å². The van der Waals surface area contributed by atoms with Gasteiger partial charge in [-0.2, -0.15) is 0 Å². The number of benzene rings is 6. The number of hydrogen-bond acceptors (Lipinski definition) is 2. The Morgan fingerprint density at radius 1 is 0.571 bits per heavy atom. The van der Waals surface area contributed by atoms with E-state index in [1.54, 1.807) is 6.07 Å². The monoisotopic (exact) mass is 832 g/mol. The molecule has 0 aliphatic carbocycles. The Morgan fingerprint density at radius 3 is 1.71 bits per heavy atom. The van der Waals surface area contributed by atoms with Crippen LogP contribution in [-0.2, 0) is 20.1 Å². The summed E-state index contributed by atoms with van der Waals surface area (Å²) in [6.07, 6.45) is 2.11. The third kappa shape index (κ3) is 7.48. The number of fused-ring (bicyclic) bond motifs is 6. The van der Waals surface area contributed by atoms with Gasteiger partial charge in [-0.15, -0.1) is 23.8 Å². The van der Waals surface area contributed by atoms with Crippen LogP contribution in [0.1, 0.15) is 9.81 Å². The van der Waals surface area contributed by atoms with Crippen molar-refractivity contribution >= 4 is 45.6 Å². The molecule has 8 rings (SSSR count). The maximum atomic E-state index is 7.30. The van der Waals surface area contributed by atoms with E-state index in [4.69, 9.17) is 9.10 Å². The van der Waals surface area contributed by atoms with Gasteiger partial charge in [0, 0.05) is 41.7 Å². The molecule has 0 bridgehead atoms. The van der Waals surface area contributed by atoms with Gasteiger partial charge < -0.3 is 12.4 Å². The second-order valence-corrected chi connectivity index (χ2v) is 17.8. The molecule has 2 heterocycles. The van der Waals surface area contributed by atoms with Gasteiger partial charge in [-0.05, 0) is 57.2 Å². The number of aromatic nitrogens is 2. The molecular weight excluding hydrogens is 789 g/mol. The second-order valence-electron chi connectivity index (χ2n) is 12.8. The van der Waals surface area contributed by atoms with E-state index >= 15 is 0 Å².